The summed E-state index contributed by atoms with van der Waals surface area (Å²) in [5.74, 6) is 0.0623. The van der Waals surface area contributed by atoms with Crippen LogP contribution in [0.3, 0.4) is 0 Å². The van der Waals surface area contributed by atoms with Crippen LogP contribution >= 0.6 is 0 Å². The van der Waals surface area contributed by atoms with E-state index in [9.17, 15) is 13.6 Å². The van der Waals surface area contributed by atoms with Crippen LogP contribution in [-0.4, -0.2) is 34.9 Å². The van der Waals surface area contributed by atoms with Crippen LogP contribution in [0.15, 0.2) is 6.07 Å². The number of carbonyl (C=O) groups excluding carboxylic acids is 1. The third-order valence-electron chi connectivity index (χ3n) is 3.89. The normalized spacial score (nSPS) is 22.0. The number of rotatable bonds is 6. The minimum absolute atomic E-state index is 0.00866. The van der Waals surface area contributed by atoms with Gasteiger partial charge < -0.3 is 10.1 Å². The van der Waals surface area contributed by atoms with Gasteiger partial charge in [0.25, 0.3) is 6.43 Å². The maximum atomic E-state index is 12.7. The van der Waals surface area contributed by atoms with Crippen molar-refractivity contribution in [1.29, 1.82) is 0 Å². The molecule has 5 nitrogen and oxygen atoms in total. The van der Waals surface area contributed by atoms with Crippen molar-refractivity contribution in [3.8, 4) is 0 Å². The Morgan fingerprint density at radius 2 is 2.29 bits per heavy atom. The third-order valence-corrected chi connectivity index (χ3v) is 3.89. The second-order valence-electron chi connectivity index (χ2n) is 5.67. The summed E-state index contributed by atoms with van der Waals surface area (Å²) >= 11 is 0. The minimum Gasteiger partial charge on any atom is -0.376 e. The average molecular weight is 299 g/mol. The molecule has 1 aliphatic carbocycles. The smallest absolute Gasteiger partial charge is 0.282 e. The highest BCUT2D eigenvalue weighted by Crippen LogP contribution is 2.41. The number of alkyl halides is 2. The Bertz CT molecular complexity index is 508. The summed E-state index contributed by atoms with van der Waals surface area (Å²) in [5.41, 5.74) is 0.501. The van der Waals surface area contributed by atoms with E-state index in [0.717, 1.165) is 38.0 Å². The van der Waals surface area contributed by atoms with Gasteiger partial charge in [-0.3, -0.25) is 9.48 Å². The van der Waals surface area contributed by atoms with Crippen molar-refractivity contribution in [2.45, 2.75) is 50.7 Å². The molecule has 1 saturated carbocycles. The highest BCUT2D eigenvalue weighted by molar-refractivity contribution is 5.75. The lowest BCUT2D eigenvalue weighted by Gasteiger charge is -2.11. The molecule has 1 N–H and O–H groups in total. The molecule has 1 aromatic rings. The molecule has 1 aromatic heterocycles. The molecule has 0 aromatic carbocycles. The standard InChI is InChI=1S/C14H19F2N3O2/c15-14(16)11-6-12(9-3-4-9)19(18-11)8-13(20)17-7-10-2-1-5-21-10/h6,9-10,14H,1-5,7-8H2,(H,17,20). The Hall–Kier alpha value is -1.50. The summed E-state index contributed by atoms with van der Waals surface area (Å²) < 4.78 is 32.3. The Labute approximate surface area is 121 Å². The molecule has 0 radical (unpaired) electrons. The van der Waals surface area contributed by atoms with E-state index in [1.165, 1.54) is 10.7 Å². The molecule has 0 bridgehead atoms. The number of hydrogen-bond donors (Lipinski definition) is 1. The molecule has 1 saturated heterocycles. The van der Waals surface area contributed by atoms with Gasteiger partial charge in [-0.25, -0.2) is 8.78 Å². The number of carbonyl (C=O) groups is 1. The molecule has 1 atom stereocenters. The van der Waals surface area contributed by atoms with Gasteiger partial charge in [0.1, 0.15) is 12.2 Å². The first-order valence-corrected chi connectivity index (χ1v) is 7.37. The van der Waals surface area contributed by atoms with Gasteiger partial charge >= 0.3 is 0 Å². The minimum atomic E-state index is -2.60. The zero-order valence-corrected chi connectivity index (χ0v) is 11.7. The molecule has 2 heterocycles. The predicted octanol–water partition coefficient (Wildman–Crippen LogP) is 1.99. The fourth-order valence-corrected chi connectivity index (χ4v) is 2.62. The summed E-state index contributed by atoms with van der Waals surface area (Å²) in [5, 5.41) is 6.65. The lowest BCUT2D eigenvalue weighted by molar-refractivity contribution is -0.122. The molecule has 1 aliphatic heterocycles. The molecular formula is C14H19F2N3O2. The zero-order chi connectivity index (χ0) is 14.8. The van der Waals surface area contributed by atoms with Crippen molar-refractivity contribution in [1.82, 2.24) is 15.1 Å². The SMILES string of the molecule is O=C(Cn1nc(C(F)F)cc1C1CC1)NCC1CCCO1. The van der Waals surface area contributed by atoms with Crippen LogP contribution in [0.2, 0.25) is 0 Å². The first-order valence-electron chi connectivity index (χ1n) is 7.37. The van der Waals surface area contributed by atoms with Gasteiger partial charge in [0, 0.05) is 24.8 Å². The quantitative estimate of drug-likeness (QED) is 0.874. The van der Waals surface area contributed by atoms with Gasteiger partial charge in [0.2, 0.25) is 5.91 Å². The molecule has 0 spiro atoms. The molecule has 7 heteroatoms. The van der Waals surface area contributed by atoms with E-state index in [1.54, 1.807) is 0 Å². The maximum Gasteiger partial charge on any atom is 0.282 e. The average Bonchev–Trinajstić information content (AvgIpc) is 3.00. The Kier molecular flexibility index (Phi) is 4.19. The van der Waals surface area contributed by atoms with Gasteiger partial charge in [-0.05, 0) is 31.7 Å². The van der Waals surface area contributed by atoms with Crippen molar-refractivity contribution in [2.24, 2.45) is 0 Å². The topological polar surface area (TPSA) is 56.2 Å². The molecule has 3 rings (SSSR count). The second kappa shape index (κ2) is 6.09. The molecule has 2 fully saturated rings. The number of nitrogens with zero attached hydrogens (tertiary/aromatic N) is 2. The summed E-state index contributed by atoms with van der Waals surface area (Å²) in [4.78, 5) is 11.9. The first-order chi connectivity index (χ1) is 10.1. The van der Waals surface area contributed by atoms with Gasteiger partial charge in [-0.15, -0.1) is 0 Å². The van der Waals surface area contributed by atoms with E-state index in [0.29, 0.717) is 6.54 Å². The number of aromatic nitrogens is 2. The lowest BCUT2D eigenvalue weighted by atomic mass is 10.2. The van der Waals surface area contributed by atoms with Crippen LogP contribution in [0.25, 0.3) is 0 Å². The van der Waals surface area contributed by atoms with Crippen LogP contribution in [0.1, 0.15) is 49.4 Å². The molecular weight excluding hydrogens is 280 g/mol. The number of ether oxygens (including phenoxy) is 1. The lowest BCUT2D eigenvalue weighted by Crippen LogP contribution is -2.34. The van der Waals surface area contributed by atoms with Crippen LogP contribution in [0.4, 0.5) is 8.78 Å². The Balaban J connectivity index is 1.59. The molecule has 1 unspecified atom stereocenters. The predicted molar refractivity (Wildman–Crippen MR) is 71.1 cm³/mol. The molecule has 116 valence electrons. The van der Waals surface area contributed by atoms with Crippen molar-refractivity contribution in [3.63, 3.8) is 0 Å². The Morgan fingerprint density at radius 1 is 1.48 bits per heavy atom. The number of nitrogens with one attached hydrogen (secondary N) is 1. The van der Waals surface area contributed by atoms with E-state index >= 15 is 0 Å². The highest BCUT2D eigenvalue weighted by atomic mass is 19.3. The third kappa shape index (κ3) is 3.58. The summed E-state index contributed by atoms with van der Waals surface area (Å²) in [6.45, 7) is 1.20. The van der Waals surface area contributed by atoms with Gasteiger partial charge in [-0.2, -0.15) is 5.10 Å². The molecule has 21 heavy (non-hydrogen) atoms. The van der Waals surface area contributed by atoms with E-state index < -0.39 is 6.43 Å². The largest absolute Gasteiger partial charge is 0.376 e. The van der Waals surface area contributed by atoms with Gasteiger partial charge in [0.05, 0.1) is 6.10 Å². The van der Waals surface area contributed by atoms with Gasteiger partial charge in [-0.1, -0.05) is 0 Å². The maximum absolute atomic E-state index is 12.7. The fourth-order valence-electron chi connectivity index (χ4n) is 2.62. The number of hydrogen-bond acceptors (Lipinski definition) is 3. The van der Waals surface area contributed by atoms with Crippen LogP contribution in [0, 0.1) is 0 Å². The fraction of sp³-hybridized carbons (Fsp3) is 0.714. The van der Waals surface area contributed by atoms with Crippen molar-refractivity contribution < 1.29 is 18.3 Å². The first kappa shape index (κ1) is 14.4. The van der Waals surface area contributed by atoms with Crippen molar-refractivity contribution in [2.75, 3.05) is 13.2 Å². The van der Waals surface area contributed by atoms with E-state index in [2.05, 4.69) is 10.4 Å². The monoisotopic (exact) mass is 299 g/mol. The van der Waals surface area contributed by atoms with Crippen LogP contribution in [0.5, 0.6) is 0 Å². The Morgan fingerprint density at radius 3 is 2.90 bits per heavy atom. The second-order valence-corrected chi connectivity index (χ2v) is 5.67. The molecule has 1 amide bonds. The number of halogens is 2. The molecule has 2 aliphatic rings. The number of amides is 1. The van der Waals surface area contributed by atoms with E-state index in [4.69, 9.17) is 4.74 Å². The van der Waals surface area contributed by atoms with Gasteiger partial charge in [0.15, 0.2) is 0 Å². The highest BCUT2D eigenvalue weighted by Gasteiger charge is 2.30. The summed E-state index contributed by atoms with van der Waals surface area (Å²) in [6, 6.07) is 1.43. The summed E-state index contributed by atoms with van der Waals surface area (Å²) in [6.07, 6.45) is 1.40. The van der Waals surface area contributed by atoms with Crippen molar-refractivity contribution >= 4 is 5.91 Å². The van der Waals surface area contributed by atoms with Crippen LogP contribution in [-0.2, 0) is 16.1 Å². The van der Waals surface area contributed by atoms with Crippen LogP contribution < -0.4 is 5.32 Å². The van der Waals surface area contributed by atoms with E-state index in [1.807, 2.05) is 0 Å². The summed E-state index contributed by atoms with van der Waals surface area (Å²) in [7, 11) is 0. The zero-order valence-electron chi connectivity index (χ0n) is 11.7. The van der Waals surface area contributed by atoms with Crippen molar-refractivity contribution in [3.05, 3.63) is 17.5 Å². The van der Waals surface area contributed by atoms with E-state index in [-0.39, 0.29) is 30.2 Å².